The van der Waals surface area contributed by atoms with Crippen molar-refractivity contribution in [2.75, 3.05) is 13.7 Å². The maximum absolute atomic E-state index is 12.5. The zero-order valence-corrected chi connectivity index (χ0v) is 17.5. The summed E-state index contributed by atoms with van der Waals surface area (Å²) >= 11 is 1.44. The number of aromatic nitrogens is 3. The molecular weight excluding hydrogens is 390 g/mol. The lowest BCUT2D eigenvalue weighted by atomic mass is 9.98. The van der Waals surface area contributed by atoms with Crippen LogP contribution in [-0.4, -0.2) is 34.5 Å². The molecule has 4 rings (SSSR count). The van der Waals surface area contributed by atoms with E-state index in [9.17, 15) is 4.79 Å². The van der Waals surface area contributed by atoms with Gasteiger partial charge in [-0.25, -0.2) is 14.5 Å². The molecule has 0 amide bonds. The van der Waals surface area contributed by atoms with Gasteiger partial charge in [-0.2, -0.15) is 5.10 Å². The summed E-state index contributed by atoms with van der Waals surface area (Å²) < 4.78 is 18.4. The number of hydrogen-bond acceptors (Lipinski definition) is 7. The summed E-state index contributed by atoms with van der Waals surface area (Å²) in [6.45, 7) is 6.31. The number of thiazole rings is 1. The second-order valence-corrected chi connectivity index (χ2v) is 7.60. The first-order chi connectivity index (χ1) is 14.0. The summed E-state index contributed by atoms with van der Waals surface area (Å²) in [6, 6.07) is 3.87. The van der Waals surface area contributed by atoms with Gasteiger partial charge >= 0.3 is 5.97 Å². The van der Waals surface area contributed by atoms with Crippen LogP contribution in [0.1, 0.15) is 42.4 Å². The summed E-state index contributed by atoms with van der Waals surface area (Å²) in [5.41, 5.74) is 4.63. The first kappa shape index (κ1) is 19.2. The largest absolute Gasteiger partial charge is 0.496 e. The zero-order valence-electron chi connectivity index (χ0n) is 16.7. The minimum absolute atomic E-state index is 0.215. The lowest BCUT2D eigenvalue weighted by Gasteiger charge is -2.21. The molecule has 0 N–H and O–H groups in total. The van der Waals surface area contributed by atoms with E-state index in [0.29, 0.717) is 16.4 Å². The minimum Gasteiger partial charge on any atom is -0.496 e. The Bertz CT molecular complexity index is 1100. The number of esters is 1. The van der Waals surface area contributed by atoms with Crippen LogP contribution in [0.25, 0.3) is 22.5 Å². The van der Waals surface area contributed by atoms with E-state index in [-0.39, 0.29) is 18.9 Å². The Balaban J connectivity index is 1.98. The molecule has 29 heavy (non-hydrogen) atoms. The smallest absolute Gasteiger partial charge is 0.359 e. The van der Waals surface area contributed by atoms with Gasteiger partial charge in [0.25, 0.3) is 0 Å². The number of benzene rings is 1. The van der Waals surface area contributed by atoms with Crippen molar-refractivity contribution in [2.24, 2.45) is 0 Å². The van der Waals surface area contributed by atoms with E-state index < -0.39 is 5.97 Å². The first-order valence-corrected chi connectivity index (χ1v) is 10.1. The topological polar surface area (TPSA) is 75.5 Å². The fourth-order valence-electron chi connectivity index (χ4n) is 3.32. The van der Waals surface area contributed by atoms with Crippen molar-refractivity contribution in [3.63, 3.8) is 0 Å². The molecule has 1 aliphatic heterocycles. The van der Waals surface area contributed by atoms with Gasteiger partial charge < -0.3 is 14.2 Å². The van der Waals surface area contributed by atoms with E-state index in [1.807, 2.05) is 37.4 Å². The Morgan fingerprint density at radius 3 is 2.86 bits per heavy atom. The van der Waals surface area contributed by atoms with Gasteiger partial charge in [0.2, 0.25) is 5.13 Å². The Hall–Kier alpha value is -3.13. The third-order valence-corrected chi connectivity index (χ3v) is 5.20. The molecule has 3 heterocycles. The van der Waals surface area contributed by atoms with Crippen molar-refractivity contribution in [3.05, 3.63) is 46.1 Å². The molecule has 0 radical (unpaired) electrons. The fourth-order valence-corrected chi connectivity index (χ4v) is 3.92. The van der Waals surface area contributed by atoms with Gasteiger partial charge in [-0.05, 0) is 26.8 Å². The average Bonchev–Trinajstić information content (AvgIpc) is 3.35. The van der Waals surface area contributed by atoms with Crippen molar-refractivity contribution in [1.82, 2.24) is 14.8 Å². The number of carbonyl (C=O) groups excluding carboxylic acids is 1. The number of methoxy groups -OCH3 is 1. The van der Waals surface area contributed by atoms with Crippen LogP contribution in [0.3, 0.4) is 0 Å². The number of rotatable bonds is 5. The lowest BCUT2D eigenvalue weighted by Crippen LogP contribution is -2.12. The maximum Gasteiger partial charge on any atom is 0.359 e. The van der Waals surface area contributed by atoms with Crippen molar-refractivity contribution in [1.29, 1.82) is 0 Å². The van der Waals surface area contributed by atoms with Crippen molar-refractivity contribution >= 4 is 23.4 Å². The second kappa shape index (κ2) is 7.71. The Labute approximate surface area is 172 Å². The van der Waals surface area contributed by atoms with E-state index in [2.05, 4.69) is 10.1 Å². The summed E-state index contributed by atoms with van der Waals surface area (Å²) in [5, 5.41) is 7.09. The number of hydrogen-bond donors (Lipinski definition) is 0. The predicted octanol–water partition coefficient (Wildman–Crippen LogP) is 4.50. The standard InChI is InChI=1S/C21H21N3O4S/c1-5-27-20(25)18-15-11-28-17-10-16(26-4)13(8-12(2)3)9-14(17)19(15)24(23-18)21-22-6-7-29-21/h6-10H,5,11H2,1-4H3. The fraction of sp³-hybridized carbons (Fsp3) is 0.286. The average molecular weight is 411 g/mol. The Kier molecular flexibility index (Phi) is 5.10. The molecule has 0 aliphatic carbocycles. The Morgan fingerprint density at radius 1 is 1.38 bits per heavy atom. The van der Waals surface area contributed by atoms with Crippen LogP contribution >= 0.6 is 11.3 Å². The summed E-state index contributed by atoms with van der Waals surface area (Å²) in [5.74, 6) is 0.928. The van der Waals surface area contributed by atoms with E-state index in [1.54, 1.807) is 24.9 Å². The lowest BCUT2D eigenvalue weighted by molar-refractivity contribution is 0.0516. The van der Waals surface area contributed by atoms with Crippen LogP contribution in [0, 0.1) is 0 Å². The SMILES string of the molecule is CCOC(=O)c1nn(-c2nccs2)c2c1COc1cc(OC)c(C=C(C)C)cc1-2. The van der Waals surface area contributed by atoms with Crippen molar-refractivity contribution in [3.8, 4) is 27.9 Å². The van der Waals surface area contributed by atoms with Gasteiger partial charge in [0.1, 0.15) is 18.1 Å². The highest BCUT2D eigenvalue weighted by atomic mass is 32.1. The van der Waals surface area contributed by atoms with Crippen LogP contribution in [0.2, 0.25) is 0 Å². The highest BCUT2D eigenvalue weighted by Gasteiger charge is 2.32. The van der Waals surface area contributed by atoms with E-state index >= 15 is 0 Å². The molecule has 0 saturated heterocycles. The molecule has 8 heteroatoms. The monoisotopic (exact) mass is 411 g/mol. The molecule has 0 fully saturated rings. The van der Waals surface area contributed by atoms with Gasteiger partial charge in [0, 0.05) is 28.8 Å². The van der Waals surface area contributed by atoms with E-state index in [4.69, 9.17) is 14.2 Å². The molecule has 1 aliphatic rings. The van der Waals surface area contributed by atoms with Crippen molar-refractivity contribution in [2.45, 2.75) is 27.4 Å². The number of carbonyl (C=O) groups is 1. The molecule has 7 nitrogen and oxygen atoms in total. The zero-order chi connectivity index (χ0) is 20.5. The van der Waals surface area contributed by atoms with E-state index in [1.165, 1.54) is 11.3 Å². The van der Waals surface area contributed by atoms with Gasteiger partial charge in [-0.3, -0.25) is 0 Å². The summed E-state index contributed by atoms with van der Waals surface area (Å²) in [4.78, 5) is 16.9. The van der Waals surface area contributed by atoms with Gasteiger partial charge in [0.05, 0.1) is 25.0 Å². The number of allylic oxidation sites excluding steroid dienone is 1. The molecule has 0 spiro atoms. The molecule has 0 atom stereocenters. The second-order valence-electron chi connectivity index (χ2n) is 6.72. The van der Waals surface area contributed by atoms with Gasteiger partial charge in [0.15, 0.2) is 5.69 Å². The molecule has 150 valence electrons. The third-order valence-electron chi connectivity index (χ3n) is 4.46. The van der Waals surface area contributed by atoms with Gasteiger partial charge in [-0.15, -0.1) is 11.3 Å². The molecular formula is C21H21N3O4S. The molecule has 0 bridgehead atoms. The minimum atomic E-state index is -0.468. The van der Waals surface area contributed by atoms with Crippen LogP contribution < -0.4 is 9.47 Å². The molecule has 0 saturated carbocycles. The number of nitrogens with zero attached hydrogens (tertiary/aromatic N) is 3. The number of ether oxygens (including phenoxy) is 3. The first-order valence-electron chi connectivity index (χ1n) is 9.22. The highest BCUT2D eigenvalue weighted by Crippen LogP contribution is 2.44. The maximum atomic E-state index is 12.5. The predicted molar refractivity (Wildman–Crippen MR) is 111 cm³/mol. The third kappa shape index (κ3) is 3.40. The van der Waals surface area contributed by atoms with E-state index in [0.717, 1.165) is 28.1 Å². The van der Waals surface area contributed by atoms with Crippen LogP contribution in [0.15, 0.2) is 29.3 Å². The van der Waals surface area contributed by atoms with Crippen LogP contribution in [0.4, 0.5) is 0 Å². The quantitative estimate of drug-likeness (QED) is 0.576. The summed E-state index contributed by atoms with van der Waals surface area (Å²) in [6.07, 6.45) is 3.75. The molecule has 1 aromatic carbocycles. The molecule has 0 unspecified atom stereocenters. The summed E-state index contributed by atoms with van der Waals surface area (Å²) in [7, 11) is 1.64. The molecule has 3 aromatic rings. The Morgan fingerprint density at radius 2 is 2.21 bits per heavy atom. The van der Waals surface area contributed by atoms with Crippen molar-refractivity contribution < 1.29 is 19.0 Å². The molecule has 2 aromatic heterocycles. The van der Waals surface area contributed by atoms with Gasteiger partial charge in [-0.1, -0.05) is 11.6 Å². The van der Waals surface area contributed by atoms with Crippen LogP contribution in [0.5, 0.6) is 11.5 Å². The number of fused-ring (bicyclic) bond motifs is 3. The normalized spacial score (nSPS) is 11.9. The van der Waals surface area contributed by atoms with Crippen LogP contribution in [-0.2, 0) is 11.3 Å². The highest BCUT2D eigenvalue weighted by molar-refractivity contribution is 7.12.